The van der Waals surface area contributed by atoms with E-state index >= 15 is 0 Å². The molecule has 0 fully saturated rings. The summed E-state index contributed by atoms with van der Waals surface area (Å²) in [4.78, 5) is 11.3. The molecule has 0 bridgehead atoms. The number of methoxy groups -OCH3 is 1. The van der Waals surface area contributed by atoms with Crippen molar-refractivity contribution in [2.24, 2.45) is 5.73 Å². The van der Waals surface area contributed by atoms with Crippen molar-refractivity contribution in [3.8, 4) is 5.75 Å². The number of hydrogen-bond donors (Lipinski definition) is 1. The predicted molar refractivity (Wildman–Crippen MR) is 68.4 cm³/mol. The van der Waals surface area contributed by atoms with Crippen LogP contribution >= 0.6 is 12.4 Å². The molecule has 2 N–H and O–H groups in total. The summed E-state index contributed by atoms with van der Waals surface area (Å²) in [6, 6.07) is 3.63. The maximum Gasteiger partial charge on any atom is 0.307 e. The molecule has 0 aliphatic carbocycles. The zero-order valence-corrected chi connectivity index (χ0v) is 11.1. The number of esters is 1. The topological polar surface area (TPSA) is 61.5 Å². The van der Waals surface area contributed by atoms with E-state index < -0.39 is 17.8 Å². The van der Waals surface area contributed by atoms with Crippen molar-refractivity contribution in [1.82, 2.24) is 0 Å². The quantitative estimate of drug-likeness (QED) is 0.838. The van der Waals surface area contributed by atoms with Crippen LogP contribution in [-0.4, -0.2) is 19.7 Å². The normalized spacial score (nSPS) is 11.3. The van der Waals surface area contributed by atoms with Crippen molar-refractivity contribution in [3.05, 3.63) is 29.6 Å². The molecule has 0 spiro atoms. The average molecular weight is 278 g/mol. The summed E-state index contributed by atoms with van der Waals surface area (Å²) in [5, 5.41) is 0. The van der Waals surface area contributed by atoms with Gasteiger partial charge in [0.1, 0.15) is 11.6 Å². The van der Waals surface area contributed by atoms with Crippen molar-refractivity contribution in [3.63, 3.8) is 0 Å². The molecule has 0 radical (unpaired) electrons. The second-order valence-corrected chi connectivity index (χ2v) is 3.47. The zero-order valence-electron chi connectivity index (χ0n) is 10.3. The van der Waals surface area contributed by atoms with Crippen molar-refractivity contribution in [2.75, 3.05) is 13.7 Å². The Labute approximate surface area is 112 Å². The molecule has 1 atom stereocenters. The first-order chi connectivity index (χ1) is 8.10. The number of nitrogens with two attached hydrogens (primary N) is 1. The molecule has 6 heteroatoms. The monoisotopic (exact) mass is 277 g/mol. The third-order valence-corrected chi connectivity index (χ3v) is 2.30. The van der Waals surface area contributed by atoms with Gasteiger partial charge in [-0.15, -0.1) is 12.4 Å². The molecular weight excluding hydrogens is 261 g/mol. The van der Waals surface area contributed by atoms with Gasteiger partial charge in [-0.2, -0.15) is 0 Å². The van der Waals surface area contributed by atoms with E-state index in [2.05, 4.69) is 0 Å². The number of hydrogen-bond acceptors (Lipinski definition) is 4. The minimum Gasteiger partial charge on any atom is -0.496 e. The van der Waals surface area contributed by atoms with Crippen LogP contribution in [0.4, 0.5) is 4.39 Å². The summed E-state index contributed by atoms with van der Waals surface area (Å²) in [5.74, 6) is -0.603. The maximum atomic E-state index is 13.6. The van der Waals surface area contributed by atoms with Gasteiger partial charge in [0.2, 0.25) is 0 Å². The number of halogens is 2. The lowest BCUT2D eigenvalue weighted by Gasteiger charge is -2.15. The molecule has 0 aliphatic rings. The second-order valence-electron chi connectivity index (χ2n) is 3.47. The molecule has 102 valence electrons. The lowest BCUT2D eigenvalue weighted by atomic mass is 10.0. The highest BCUT2D eigenvalue weighted by Crippen LogP contribution is 2.28. The third kappa shape index (κ3) is 4.16. The van der Waals surface area contributed by atoms with E-state index in [9.17, 15) is 9.18 Å². The molecule has 0 saturated heterocycles. The highest BCUT2D eigenvalue weighted by Gasteiger charge is 2.20. The zero-order chi connectivity index (χ0) is 12.8. The lowest BCUT2D eigenvalue weighted by Crippen LogP contribution is -2.19. The molecule has 18 heavy (non-hydrogen) atoms. The van der Waals surface area contributed by atoms with E-state index in [1.165, 1.54) is 19.2 Å². The van der Waals surface area contributed by atoms with Crippen LogP contribution in [0.15, 0.2) is 18.2 Å². The molecule has 1 rings (SSSR count). The maximum absolute atomic E-state index is 13.6. The molecule has 1 aromatic carbocycles. The van der Waals surface area contributed by atoms with Crippen LogP contribution in [0, 0.1) is 5.82 Å². The Hall–Kier alpha value is -1.33. The summed E-state index contributed by atoms with van der Waals surface area (Å²) in [5.41, 5.74) is 5.98. The highest BCUT2D eigenvalue weighted by molar-refractivity contribution is 5.85. The van der Waals surface area contributed by atoms with E-state index in [0.717, 1.165) is 0 Å². The standard InChI is InChI=1S/C12H16FNO3.ClH/c1-3-17-11(15)7-9(14)12-8(13)5-4-6-10(12)16-2;/h4-6,9H,3,7,14H2,1-2H3;1H/t9-;/m1./s1. The number of ether oxygens (including phenoxy) is 2. The molecule has 4 nitrogen and oxygen atoms in total. The fourth-order valence-electron chi connectivity index (χ4n) is 1.56. The van der Waals surface area contributed by atoms with Crippen molar-refractivity contribution < 1.29 is 18.7 Å². The van der Waals surface area contributed by atoms with Gasteiger partial charge in [-0.05, 0) is 19.1 Å². The van der Waals surface area contributed by atoms with Crippen LogP contribution in [0.25, 0.3) is 0 Å². The third-order valence-electron chi connectivity index (χ3n) is 2.30. The molecule has 0 aliphatic heterocycles. The molecular formula is C12H17ClFNO3. The first kappa shape index (κ1) is 16.7. The molecule has 0 aromatic heterocycles. The van der Waals surface area contributed by atoms with Crippen LogP contribution < -0.4 is 10.5 Å². The Morgan fingerprint density at radius 3 is 2.72 bits per heavy atom. The van der Waals surface area contributed by atoms with Crippen LogP contribution in [0.2, 0.25) is 0 Å². The van der Waals surface area contributed by atoms with Crippen LogP contribution in [0.3, 0.4) is 0 Å². The van der Waals surface area contributed by atoms with Crippen LogP contribution in [0.1, 0.15) is 24.9 Å². The minimum absolute atomic E-state index is 0. The number of benzene rings is 1. The minimum atomic E-state index is -0.773. The fraction of sp³-hybridized carbons (Fsp3) is 0.417. The van der Waals surface area contributed by atoms with Gasteiger partial charge in [-0.1, -0.05) is 6.07 Å². The molecule has 0 saturated carbocycles. The molecule has 0 unspecified atom stereocenters. The van der Waals surface area contributed by atoms with E-state index in [1.807, 2.05) is 0 Å². The van der Waals surface area contributed by atoms with Gasteiger partial charge in [-0.3, -0.25) is 4.79 Å². The van der Waals surface area contributed by atoms with Crippen molar-refractivity contribution in [2.45, 2.75) is 19.4 Å². The molecule has 1 aromatic rings. The second kappa shape index (κ2) is 7.89. The Morgan fingerprint density at radius 2 is 2.17 bits per heavy atom. The Bertz CT molecular complexity index is 401. The summed E-state index contributed by atoms with van der Waals surface area (Å²) < 4.78 is 23.4. The Balaban J connectivity index is 0.00000289. The van der Waals surface area contributed by atoms with Crippen LogP contribution in [-0.2, 0) is 9.53 Å². The summed E-state index contributed by atoms with van der Waals surface area (Å²) in [6.45, 7) is 1.98. The SMILES string of the molecule is CCOC(=O)C[C@@H](N)c1c(F)cccc1OC.Cl. The van der Waals surface area contributed by atoms with Gasteiger partial charge < -0.3 is 15.2 Å². The Kier molecular flexibility index (Phi) is 7.31. The van der Waals surface area contributed by atoms with Gasteiger partial charge >= 0.3 is 5.97 Å². The van der Waals surface area contributed by atoms with Gasteiger partial charge in [0.25, 0.3) is 0 Å². The first-order valence-corrected chi connectivity index (χ1v) is 5.33. The van der Waals surface area contributed by atoms with E-state index in [4.69, 9.17) is 15.2 Å². The highest BCUT2D eigenvalue weighted by atomic mass is 35.5. The molecule has 0 amide bonds. The smallest absolute Gasteiger partial charge is 0.307 e. The van der Waals surface area contributed by atoms with Gasteiger partial charge in [0.05, 0.1) is 20.1 Å². The van der Waals surface area contributed by atoms with Gasteiger partial charge in [0.15, 0.2) is 0 Å². The average Bonchev–Trinajstić information content (AvgIpc) is 2.28. The summed E-state index contributed by atoms with van der Waals surface area (Å²) >= 11 is 0. The fourth-order valence-corrected chi connectivity index (χ4v) is 1.56. The van der Waals surface area contributed by atoms with E-state index in [1.54, 1.807) is 13.0 Å². The van der Waals surface area contributed by atoms with E-state index in [0.29, 0.717) is 5.75 Å². The first-order valence-electron chi connectivity index (χ1n) is 5.33. The lowest BCUT2D eigenvalue weighted by molar-refractivity contribution is -0.143. The van der Waals surface area contributed by atoms with Crippen molar-refractivity contribution >= 4 is 18.4 Å². The summed E-state index contributed by atoms with van der Waals surface area (Å²) in [6.07, 6.45) is -0.0782. The van der Waals surface area contributed by atoms with Crippen molar-refractivity contribution in [1.29, 1.82) is 0 Å². The van der Waals surface area contributed by atoms with Gasteiger partial charge in [0, 0.05) is 11.6 Å². The van der Waals surface area contributed by atoms with E-state index in [-0.39, 0.29) is 31.0 Å². The summed E-state index contributed by atoms with van der Waals surface area (Å²) in [7, 11) is 1.43. The number of carbonyl (C=O) groups excluding carboxylic acids is 1. The largest absolute Gasteiger partial charge is 0.496 e. The number of carbonyl (C=O) groups is 1. The number of rotatable bonds is 5. The van der Waals surface area contributed by atoms with Gasteiger partial charge in [-0.25, -0.2) is 4.39 Å². The van der Waals surface area contributed by atoms with Crippen LogP contribution in [0.5, 0.6) is 5.75 Å². The predicted octanol–water partition coefficient (Wildman–Crippen LogP) is 2.21. The Morgan fingerprint density at radius 1 is 1.50 bits per heavy atom. The molecule has 0 heterocycles.